The Balaban J connectivity index is 0.000000162. The molecule has 6 aromatic carbocycles. The molecule has 8 heteroatoms. The van der Waals surface area contributed by atoms with Gasteiger partial charge in [-0.1, -0.05) is 31.9 Å². The number of rotatable bonds is 6. The standard InChI is InChI=1S/2C22H20BrNO2/c2*1-13-9-15(10-14(2)22(13)23)24-20-7-5-16(25-3)11-18(20)19-12-17(26-4)6-8-21(19)24/h2*5-12H,1-4H3. The van der Waals surface area contributed by atoms with Gasteiger partial charge in [-0.05, 0) is 147 Å². The van der Waals surface area contributed by atoms with Gasteiger partial charge in [-0.15, -0.1) is 0 Å². The van der Waals surface area contributed by atoms with Crippen molar-refractivity contribution in [2.45, 2.75) is 27.7 Å². The number of fused-ring (bicyclic) bond motifs is 6. The fourth-order valence-electron chi connectivity index (χ4n) is 7.13. The number of halogens is 2. The summed E-state index contributed by atoms with van der Waals surface area (Å²) in [6.45, 7) is 8.50. The van der Waals surface area contributed by atoms with Gasteiger partial charge in [-0.2, -0.15) is 0 Å². The van der Waals surface area contributed by atoms with Crippen molar-refractivity contribution in [3.63, 3.8) is 0 Å². The van der Waals surface area contributed by atoms with Gasteiger partial charge in [0.05, 0.1) is 50.5 Å². The fraction of sp³-hybridized carbons (Fsp3) is 0.182. The van der Waals surface area contributed by atoms with E-state index in [-0.39, 0.29) is 0 Å². The molecule has 0 radical (unpaired) electrons. The Bertz CT molecular complexity index is 2300. The minimum absolute atomic E-state index is 0.850. The quantitative estimate of drug-likeness (QED) is 0.168. The number of ether oxygens (including phenoxy) is 4. The Kier molecular flexibility index (Phi) is 9.72. The summed E-state index contributed by atoms with van der Waals surface area (Å²) < 4.78 is 28.7. The van der Waals surface area contributed by atoms with E-state index in [1.165, 1.54) is 22.3 Å². The van der Waals surface area contributed by atoms with Crippen LogP contribution in [-0.2, 0) is 0 Å². The minimum atomic E-state index is 0.850. The Morgan fingerprint density at radius 2 is 0.596 bits per heavy atom. The van der Waals surface area contributed by atoms with Gasteiger partial charge in [-0.25, -0.2) is 0 Å². The molecule has 2 heterocycles. The average molecular weight is 821 g/mol. The number of hydrogen-bond acceptors (Lipinski definition) is 4. The van der Waals surface area contributed by atoms with Crippen molar-refractivity contribution in [3.8, 4) is 34.4 Å². The first kappa shape index (κ1) is 35.5. The summed E-state index contributed by atoms with van der Waals surface area (Å²) in [6, 6.07) is 33.7. The van der Waals surface area contributed by atoms with Crippen LogP contribution < -0.4 is 18.9 Å². The fourth-order valence-corrected chi connectivity index (χ4v) is 7.59. The van der Waals surface area contributed by atoms with Gasteiger partial charge in [0, 0.05) is 41.9 Å². The molecule has 0 aliphatic carbocycles. The van der Waals surface area contributed by atoms with Crippen molar-refractivity contribution in [1.82, 2.24) is 9.13 Å². The predicted octanol–water partition coefficient (Wildman–Crippen LogP) is 12.4. The molecule has 6 nitrogen and oxygen atoms in total. The molecule has 0 N–H and O–H groups in total. The van der Waals surface area contributed by atoms with E-state index in [2.05, 4.69) is 141 Å². The minimum Gasteiger partial charge on any atom is -0.497 e. The van der Waals surface area contributed by atoms with Crippen LogP contribution in [0.1, 0.15) is 22.3 Å². The van der Waals surface area contributed by atoms with Crippen LogP contribution in [0.3, 0.4) is 0 Å². The molecule has 0 spiro atoms. The molecule has 264 valence electrons. The third kappa shape index (κ3) is 6.18. The molecule has 8 rings (SSSR count). The second-order valence-corrected chi connectivity index (χ2v) is 14.6. The Morgan fingerprint density at radius 3 is 0.808 bits per heavy atom. The van der Waals surface area contributed by atoms with Gasteiger partial charge in [0.15, 0.2) is 0 Å². The van der Waals surface area contributed by atoms with E-state index in [0.29, 0.717) is 0 Å². The van der Waals surface area contributed by atoms with Gasteiger partial charge in [0.1, 0.15) is 23.0 Å². The van der Waals surface area contributed by atoms with Gasteiger partial charge in [0.25, 0.3) is 0 Å². The van der Waals surface area contributed by atoms with E-state index in [4.69, 9.17) is 18.9 Å². The first-order valence-electron chi connectivity index (χ1n) is 16.9. The molecule has 0 unspecified atom stereocenters. The van der Waals surface area contributed by atoms with Crippen molar-refractivity contribution in [2.24, 2.45) is 0 Å². The number of nitrogens with zero attached hydrogens (tertiary/aromatic N) is 2. The van der Waals surface area contributed by atoms with Crippen LogP contribution in [0, 0.1) is 27.7 Å². The van der Waals surface area contributed by atoms with Crippen molar-refractivity contribution >= 4 is 75.5 Å². The second kappa shape index (κ2) is 14.2. The van der Waals surface area contributed by atoms with Crippen LogP contribution in [0.15, 0.2) is 106 Å². The lowest BCUT2D eigenvalue weighted by Crippen LogP contribution is -1.96. The summed E-state index contributed by atoms with van der Waals surface area (Å²) in [4.78, 5) is 0. The highest BCUT2D eigenvalue weighted by atomic mass is 79.9. The number of benzene rings is 6. The van der Waals surface area contributed by atoms with Crippen LogP contribution in [-0.4, -0.2) is 37.6 Å². The van der Waals surface area contributed by atoms with Crippen molar-refractivity contribution in [2.75, 3.05) is 28.4 Å². The van der Waals surface area contributed by atoms with Crippen LogP contribution in [0.2, 0.25) is 0 Å². The predicted molar refractivity (Wildman–Crippen MR) is 222 cm³/mol. The van der Waals surface area contributed by atoms with Crippen molar-refractivity contribution in [1.29, 1.82) is 0 Å². The molecule has 0 amide bonds. The van der Waals surface area contributed by atoms with Crippen LogP contribution in [0.25, 0.3) is 55.0 Å². The second-order valence-electron chi connectivity index (χ2n) is 13.0. The lowest BCUT2D eigenvalue weighted by Gasteiger charge is -2.12. The van der Waals surface area contributed by atoms with Gasteiger partial charge in [0.2, 0.25) is 0 Å². The first-order chi connectivity index (χ1) is 25.1. The van der Waals surface area contributed by atoms with Crippen molar-refractivity contribution in [3.05, 3.63) is 128 Å². The smallest absolute Gasteiger partial charge is 0.119 e. The SMILES string of the molecule is COc1ccc2c(c1)c1cc(OC)ccc1n2-c1cc(C)c(Br)c(C)c1.COc1ccc2c(c1)c1cc(OC)ccc1n2-c1cc(C)c(Br)c(C)c1. The zero-order valence-corrected chi connectivity index (χ0v) is 33.7. The van der Waals surface area contributed by atoms with E-state index in [9.17, 15) is 0 Å². The number of aryl methyl sites for hydroxylation is 4. The summed E-state index contributed by atoms with van der Waals surface area (Å²) in [5, 5.41) is 4.60. The lowest BCUT2D eigenvalue weighted by molar-refractivity contribution is 0.415. The van der Waals surface area contributed by atoms with E-state index < -0.39 is 0 Å². The molecule has 2 aromatic heterocycles. The van der Waals surface area contributed by atoms with Crippen LogP contribution >= 0.6 is 31.9 Å². The van der Waals surface area contributed by atoms with E-state index >= 15 is 0 Å². The Labute approximate surface area is 320 Å². The summed E-state index contributed by atoms with van der Waals surface area (Å²) in [5.74, 6) is 3.40. The molecule has 0 saturated heterocycles. The lowest BCUT2D eigenvalue weighted by atomic mass is 10.1. The van der Waals surface area contributed by atoms with Crippen LogP contribution in [0.4, 0.5) is 0 Å². The van der Waals surface area contributed by atoms with Gasteiger partial charge >= 0.3 is 0 Å². The molecule has 0 atom stereocenters. The zero-order valence-electron chi connectivity index (χ0n) is 30.5. The number of hydrogen-bond donors (Lipinski definition) is 0. The summed E-state index contributed by atoms with van der Waals surface area (Å²) in [7, 11) is 6.79. The molecule has 0 aliphatic heterocycles. The number of aromatic nitrogens is 2. The van der Waals surface area contributed by atoms with Crippen LogP contribution in [0.5, 0.6) is 23.0 Å². The maximum atomic E-state index is 5.45. The summed E-state index contributed by atoms with van der Waals surface area (Å²) in [6.07, 6.45) is 0. The first-order valence-corrected chi connectivity index (χ1v) is 18.5. The largest absolute Gasteiger partial charge is 0.497 e. The normalized spacial score (nSPS) is 11.3. The molecule has 0 saturated carbocycles. The zero-order chi connectivity index (χ0) is 36.8. The topological polar surface area (TPSA) is 46.8 Å². The monoisotopic (exact) mass is 818 g/mol. The molecule has 8 aromatic rings. The molecule has 0 fully saturated rings. The maximum Gasteiger partial charge on any atom is 0.119 e. The molecular formula is C44H40Br2N2O4. The Hall–Kier alpha value is -4.92. The maximum absolute atomic E-state index is 5.45. The third-order valence-corrected chi connectivity index (χ3v) is 12.2. The molecule has 0 bridgehead atoms. The van der Waals surface area contributed by atoms with E-state index in [0.717, 1.165) is 86.9 Å². The summed E-state index contributed by atoms with van der Waals surface area (Å²) >= 11 is 7.34. The summed E-state index contributed by atoms with van der Waals surface area (Å²) in [5.41, 5.74) is 11.8. The third-order valence-electron chi connectivity index (χ3n) is 9.72. The molecular weight excluding hydrogens is 780 g/mol. The van der Waals surface area contributed by atoms with Gasteiger partial charge in [-0.3, -0.25) is 0 Å². The van der Waals surface area contributed by atoms with Crippen molar-refractivity contribution < 1.29 is 18.9 Å². The Morgan fingerprint density at radius 1 is 0.365 bits per heavy atom. The number of methoxy groups -OCH3 is 4. The molecule has 52 heavy (non-hydrogen) atoms. The average Bonchev–Trinajstić information content (AvgIpc) is 3.66. The van der Waals surface area contributed by atoms with E-state index in [1.807, 2.05) is 24.3 Å². The molecule has 0 aliphatic rings. The highest BCUT2D eigenvalue weighted by molar-refractivity contribution is 9.10. The highest BCUT2D eigenvalue weighted by Crippen LogP contribution is 2.39. The van der Waals surface area contributed by atoms with Gasteiger partial charge < -0.3 is 28.1 Å². The highest BCUT2D eigenvalue weighted by Gasteiger charge is 2.17. The van der Waals surface area contributed by atoms with E-state index in [1.54, 1.807) is 28.4 Å².